The van der Waals surface area contributed by atoms with Crippen LogP contribution < -0.4 is 5.32 Å². The first-order valence-electron chi connectivity index (χ1n) is 13.6. The van der Waals surface area contributed by atoms with Crippen LogP contribution in [0.15, 0.2) is 30.6 Å². The van der Waals surface area contributed by atoms with E-state index < -0.39 is 12.6 Å². The monoisotopic (exact) mass is 552 g/mol. The van der Waals surface area contributed by atoms with Crippen molar-refractivity contribution < 1.29 is 13.2 Å². The highest BCUT2D eigenvalue weighted by atomic mass is 32.1. The van der Waals surface area contributed by atoms with Crippen molar-refractivity contribution >= 4 is 38.3 Å². The predicted octanol–water partition coefficient (Wildman–Crippen LogP) is 7.12. The molecule has 6 rings (SSSR count). The van der Waals surface area contributed by atoms with Gasteiger partial charge in [0.2, 0.25) is 0 Å². The Labute approximate surface area is 229 Å². The third-order valence-electron chi connectivity index (χ3n) is 8.29. The van der Waals surface area contributed by atoms with E-state index in [1.54, 1.807) is 6.07 Å². The second-order valence-corrected chi connectivity index (χ2v) is 12.0. The molecule has 6 nitrogen and oxygen atoms in total. The second kappa shape index (κ2) is 10.4. The Bertz CT molecular complexity index is 1530. The minimum absolute atomic E-state index is 0.201. The third kappa shape index (κ3) is 5.35. The van der Waals surface area contributed by atoms with E-state index in [9.17, 15) is 18.4 Å². The first kappa shape index (κ1) is 26.1. The average molecular weight is 553 g/mol. The van der Waals surface area contributed by atoms with Crippen LogP contribution in [0.25, 0.3) is 21.1 Å². The predicted molar refractivity (Wildman–Crippen MR) is 148 cm³/mol. The van der Waals surface area contributed by atoms with Crippen molar-refractivity contribution in [3.63, 3.8) is 0 Å². The van der Waals surface area contributed by atoms with Crippen LogP contribution in [0.1, 0.15) is 66.3 Å². The van der Waals surface area contributed by atoms with Crippen molar-refractivity contribution in [3.8, 4) is 6.07 Å². The zero-order valence-electron chi connectivity index (χ0n) is 21.9. The summed E-state index contributed by atoms with van der Waals surface area (Å²) in [6, 6.07) is 11.1. The zero-order chi connectivity index (χ0) is 27.1. The second-order valence-electron chi connectivity index (χ2n) is 10.9. The van der Waals surface area contributed by atoms with Crippen LogP contribution in [0.3, 0.4) is 0 Å². The number of thiophene rings is 1. The van der Waals surface area contributed by atoms with Gasteiger partial charge >= 0.3 is 6.18 Å². The van der Waals surface area contributed by atoms with E-state index in [-0.39, 0.29) is 10.9 Å². The summed E-state index contributed by atoms with van der Waals surface area (Å²) in [6.45, 7) is 4.85. The fraction of sp³-hybridized carbons (Fsp3) is 0.483. The molecule has 0 atom stereocenters. The topological polar surface area (TPSA) is 69.8 Å². The molecule has 10 heteroatoms. The van der Waals surface area contributed by atoms with Gasteiger partial charge in [0, 0.05) is 47.5 Å². The number of nitriles is 1. The molecule has 0 bridgehead atoms. The van der Waals surface area contributed by atoms with Crippen molar-refractivity contribution in [1.29, 1.82) is 5.26 Å². The molecule has 0 amide bonds. The van der Waals surface area contributed by atoms with Crippen LogP contribution in [0, 0.1) is 18.3 Å². The number of nitrogens with zero attached hydrogens (tertiary/aromatic N) is 5. The van der Waals surface area contributed by atoms with Gasteiger partial charge in [-0.05, 0) is 61.9 Å². The lowest BCUT2D eigenvalue weighted by atomic mass is 10.0. The van der Waals surface area contributed by atoms with Crippen LogP contribution in [0.4, 0.5) is 19.0 Å². The molecule has 1 saturated carbocycles. The van der Waals surface area contributed by atoms with Crippen molar-refractivity contribution in [2.24, 2.45) is 0 Å². The number of nitrogens with one attached hydrogen (secondary N) is 1. The number of anilines is 1. The maximum absolute atomic E-state index is 12.9. The normalized spacial score (nSPS) is 17.8. The SMILES string of the molecule is Cc1c(CN2CCC(Nc3ncnc4sc(CC(F)(F)F)cc34)CC2)ccc2c1cc(C#N)n2C1CCCC1. The van der Waals surface area contributed by atoms with Gasteiger partial charge in [0.1, 0.15) is 28.7 Å². The lowest BCUT2D eigenvalue weighted by molar-refractivity contribution is -0.126. The molecule has 1 saturated heterocycles. The van der Waals surface area contributed by atoms with E-state index in [4.69, 9.17) is 0 Å². The number of fused-ring (bicyclic) bond motifs is 2. The summed E-state index contributed by atoms with van der Waals surface area (Å²) in [5, 5.41) is 15.1. The molecule has 3 aromatic heterocycles. The summed E-state index contributed by atoms with van der Waals surface area (Å²) in [5.41, 5.74) is 4.47. The van der Waals surface area contributed by atoms with E-state index in [1.807, 2.05) is 0 Å². The van der Waals surface area contributed by atoms with Gasteiger partial charge in [0.15, 0.2) is 0 Å². The van der Waals surface area contributed by atoms with E-state index in [2.05, 4.69) is 55.9 Å². The zero-order valence-corrected chi connectivity index (χ0v) is 22.7. The average Bonchev–Trinajstić information content (AvgIpc) is 3.64. The first-order chi connectivity index (χ1) is 18.8. The Morgan fingerprint density at radius 3 is 2.56 bits per heavy atom. The van der Waals surface area contributed by atoms with Crippen LogP contribution in [-0.2, 0) is 13.0 Å². The quantitative estimate of drug-likeness (QED) is 0.276. The maximum Gasteiger partial charge on any atom is 0.393 e. The Hall–Kier alpha value is -3.16. The molecule has 1 aliphatic heterocycles. The number of piperidine rings is 1. The minimum Gasteiger partial charge on any atom is -0.367 e. The molecule has 204 valence electrons. The van der Waals surface area contributed by atoms with Crippen LogP contribution >= 0.6 is 11.3 Å². The van der Waals surface area contributed by atoms with Crippen LogP contribution in [-0.4, -0.2) is 44.7 Å². The number of benzene rings is 1. The fourth-order valence-corrected chi connectivity index (χ4v) is 7.30. The third-order valence-corrected chi connectivity index (χ3v) is 9.33. The summed E-state index contributed by atoms with van der Waals surface area (Å²) in [6.07, 6.45) is 2.82. The van der Waals surface area contributed by atoms with Gasteiger partial charge in [-0.1, -0.05) is 18.9 Å². The summed E-state index contributed by atoms with van der Waals surface area (Å²) in [5.74, 6) is 0.615. The Morgan fingerprint density at radius 2 is 1.85 bits per heavy atom. The standard InChI is InChI=1S/C29H31F3N6S/c1-18-19(6-7-26-24(18)12-22(15-33)38(26)21-4-2-3-5-21)16-37-10-8-20(9-11-37)36-27-25-13-23(14-29(30,31)32)39-28(25)35-17-34-27/h6-7,12-13,17,20-21H,2-5,8-11,14,16H2,1H3,(H,34,35,36). The molecule has 39 heavy (non-hydrogen) atoms. The van der Waals surface area contributed by atoms with Crippen LogP contribution in [0.5, 0.6) is 0 Å². The van der Waals surface area contributed by atoms with Gasteiger partial charge in [-0.25, -0.2) is 9.97 Å². The maximum atomic E-state index is 12.9. The van der Waals surface area contributed by atoms with Crippen molar-refractivity contribution in [2.75, 3.05) is 18.4 Å². The molecular formula is C29H31F3N6S. The van der Waals surface area contributed by atoms with Gasteiger partial charge in [-0.3, -0.25) is 4.90 Å². The van der Waals surface area contributed by atoms with Gasteiger partial charge in [-0.2, -0.15) is 18.4 Å². The molecule has 0 radical (unpaired) electrons. The van der Waals surface area contributed by atoms with E-state index >= 15 is 0 Å². The Morgan fingerprint density at radius 1 is 1.08 bits per heavy atom. The number of rotatable bonds is 6. The molecule has 1 N–H and O–H groups in total. The molecule has 0 unspecified atom stereocenters. The largest absolute Gasteiger partial charge is 0.393 e. The van der Waals surface area contributed by atoms with Gasteiger partial charge in [0.05, 0.1) is 11.8 Å². The summed E-state index contributed by atoms with van der Waals surface area (Å²) in [7, 11) is 0. The molecule has 0 spiro atoms. The van der Waals surface area contributed by atoms with Crippen LogP contribution in [0.2, 0.25) is 0 Å². The number of halogens is 3. The van der Waals surface area contributed by atoms with E-state index in [0.717, 1.165) is 62.3 Å². The van der Waals surface area contributed by atoms with Crippen molar-refractivity contribution in [1.82, 2.24) is 19.4 Å². The summed E-state index contributed by atoms with van der Waals surface area (Å²) in [4.78, 5) is 11.8. The number of hydrogen-bond donors (Lipinski definition) is 1. The lowest BCUT2D eigenvalue weighted by Gasteiger charge is -2.33. The smallest absolute Gasteiger partial charge is 0.367 e. The highest BCUT2D eigenvalue weighted by Gasteiger charge is 2.29. The van der Waals surface area contributed by atoms with E-state index in [0.29, 0.717) is 22.1 Å². The Kier molecular flexibility index (Phi) is 6.98. The minimum atomic E-state index is -4.24. The molecule has 1 aliphatic carbocycles. The summed E-state index contributed by atoms with van der Waals surface area (Å²) >= 11 is 1.08. The van der Waals surface area contributed by atoms with Gasteiger partial charge in [0.25, 0.3) is 0 Å². The molecular weight excluding hydrogens is 521 g/mol. The molecule has 4 aromatic rings. The number of aromatic nitrogens is 3. The highest BCUT2D eigenvalue weighted by molar-refractivity contribution is 7.18. The van der Waals surface area contributed by atoms with Crippen molar-refractivity contribution in [2.45, 2.75) is 76.7 Å². The molecule has 2 fully saturated rings. The highest BCUT2D eigenvalue weighted by Crippen LogP contribution is 2.37. The number of likely N-dealkylation sites (tertiary alicyclic amines) is 1. The molecule has 1 aromatic carbocycles. The first-order valence-corrected chi connectivity index (χ1v) is 14.4. The Balaban J connectivity index is 1.12. The number of aryl methyl sites for hydroxylation is 1. The number of hydrogen-bond acceptors (Lipinski definition) is 6. The fourth-order valence-electron chi connectivity index (χ4n) is 6.28. The summed E-state index contributed by atoms with van der Waals surface area (Å²) < 4.78 is 40.9. The lowest BCUT2D eigenvalue weighted by Crippen LogP contribution is -2.39. The molecule has 2 aliphatic rings. The number of alkyl halides is 3. The van der Waals surface area contributed by atoms with Gasteiger partial charge in [-0.15, -0.1) is 11.3 Å². The van der Waals surface area contributed by atoms with Crippen molar-refractivity contribution in [3.05, 3.63) is 52.3 Å². The van der Waals surface area contributed by atoms with E-state index in [1.165, 1.54) is 41.2 Å². The van der Waals surface area contributed by atoms with Gasteiger partial charge < -0.3 is 9.88 Å². The molecule has 4 heterocycles.